The second-order valence-corrected chi connectivity index (χ2v) is 10.5. The van der Waals surface area contributed by atoms with Crippen LogP contribution in [0.15, 0.2) is 35.7 Å². The average Bonchev–Trinajstić information content (AvgIpc) is 3.33. The van der Waals surface area contributed by atoms with Crippen LogP contribution in [0, 0.1) is 5.92 Å². The van der Waals surface area contributed by atoms with Crippen molar-refractivity contribution in [3.63, 3.8) is 0 Å². The largest absolute Gasteiger partial charge is 0.342 e. The quantitative estimate of drug-likeness (QED) is 0.719. The van der Waals surface area contributed by atoms with Crippen LogP contribution in [0.4, 0.5) is 0 Å². The number of benzene rings is 1. The summed E-state index contributed by atoms with van der Waals surface area (Å²) in [6.07, 6.45) is 7.62. The van der Waals surface area contributed by atoms with E-state index in [2.05, 4.69) is 4.90 Å². The maximum absolute atomic E-state index is 13.0. The minimum atomic E-state index is -3.45. The van der Waals surface area contributed by atoms with Gasteiger partial charge >= 0.3 is 0 Å². The third kappa shape index (κ3) is 5.13. The molecule has 0 saturated carbocycles. The van der Waals surface area contributed by atoms with E-state index < -0.39 is 10.0 Å². The van der Waals surface area contributed by atoms with E-state index in [0.717, 1.165) is 31.5 Å². The summed E-state index contributed by atoms with van der Waals surface area (Å²) in [5.74, 6) is 0.185. The van der Waals surface area contributed by atoms with Crippen LogP contribution in [0.25, 0.3) is 6.08 Å². The predicted molar refractivity (Wildman–Crippen MR) is 119 cm³/mol. The molecule has 1 amide bonds. The van der Waals surface area contributed by atoms with Crippen LogP contribution >= 0.6 is 0 Å². The van der Waals surface area contributed by atoms with E-state index in [-0.39, 0.29) is 11.8 Å². The zero-order valence-electron chi connectivity index (χ0n) is 17.7. The minimum Gasteiger partial charge on any atom is -0.342 e. The molecule has 0 aromatic heterocycles. The summed E-state index contributed by atoms with van der Waals surface area (Å²) < 4.78 is 26.8. The van der Waals surface area contributed by atoms with Crippen molar-refractivity contribution in [1.29, 1.82) is 0 Å². The number of piperidine rings is 2. The van der Waals surface area contributed by atoms with Crippen molar-refractivity contribution < 1.29 is 13.2 Å². The number of carbonyl (C=O) groups is 1. The van der Waals surface area contributed by atoms with Crippen LogP contribution in [-0.4, -0.2) is 73.7 Å². The third-order valence-corrected chi connectivity index (χ3v) is 8.39. The lowest BCUT2D eigenvalue weighted by Gasteiger charge is -2.39. The first kappa shape index (κ1) is 21.5. The smallest absolute Gasteiger partial charge is 0.236 e. The molecular weight excluding hydrogens is 398 g/mol. The van der Waals surface area contributed by atoms with Crippen LogP contribution in [0.3, 0.4) is 0 Å². The number of rotatable bonds is 5. The Kier molecular flexibility index (Phi) is 6.91. The Bertz CT molecular complexity index is 834. The molecule has 6 nitrogen and oxygen atoms in total. The summed E-state index contributed by atoms with van der Waals surface area (Å²) in [6, 6.07) is 10.1. The van der Waals surface area contributed by atoms with Gasteiger partial charge in [0.15, 0.2) is 0 Å². The highest BCUT2D eigenvalue weighted by Crippen LogP contribution is 2.26. The van der Waals surface area contributed by atoms with Gasteiger partial charge in [-0.25, -0.2) is 8.42 Å². The number of hydrogen-bond acceptors (Lipinski definition) is 4. The molecule has 0 unspecified atom stereocenters. The number of amides is 1. The average molecular weight is 432 g/mol. The molecule has 0 spiro atoms. The molecule has 3 saturated heterocycles. The van der Waals surface area contributed by atoms with E-state index >= 15 is 0 Å². The second kappa shape index (κ2) is 9.62. The van der Waals surface area contributed by atoms with Crippen LogP contribution in [0.2, 0.25) is 0 Å². The first-order chi connectivity index (χ1) is 14.5. The Morgan fingerprint density at radius 1 is 0.867 bits per heavy atom. The number of carbonyl (C=O) groups excluding carboxylic acids is 1. The molecule has 30 heavy (non-hydrogen) atoms. The van der Waals surface area contributed by atoms with Crippen molar-refractivity contribution in [3.05, 3.63) is 41.3 Å². The Balaban J connectivity index is 1.26. The molecule has 164 valence electrons. The van der Waals surface area contributed by atoms with Gasteiger partial charge in [0.1, 0.15) is 0 Å². The number of sulfonamides is 1. The van der Waals surface area contributed by atoms with Crippen molar-refractivity contribution in [2.45, 2.75) is 44.6 Å². The molecule has 1 aromatic rings. The molecule has 0 N–H and O–H groups in total. The van der Waals surface area contributed by atoms with E-state index in [1.165, 1.54) is 35.6 Å². The number of hydrogen-bond donors (Lipinski definition) is 0. The minimum absolute atomic E-state index is 0.0436. The Hall–Kier alpha value is -1.70. The number of likely N-dealkylation sites (tertiary alicyclic amines) is 2. The summed E-state index contributed by atoms with van der Waals surface area (Å²) in [5.41, 5.74) is 0.864. The molecule has 0 atom stereocenters. The normalized spacial score (nSPS) is 23.4. The van der Waals surface area contributed by atoms with Crippen molar-refractivity contribution in [1.82, 2.24) is 14.1 Å². The standard InChI is InChI=1S/C23H33N3O3S/c27-23(25-15-10-22(11-16-25)24-13-4-5-14-24)21-8-17-26(18-9-21)30(28,29)19-12-20-6-2-1-3-7-20/h1-3,6-7,12,19,21-22H,4-5,8-11,13-18H2/b19-12+. The van der Waals surface area contributed by atoms with Crippen molar-refractivity contribution in [3.8, 4) is 0 Å². The molecule has 1 aromatic carbocycles. The Labute approximate surface area is 180 Å². The summed E-state index contributed by atoms with van der Waals surface area (Å²) in [5, 5.41) is 1.29. The maximum atomic E-state index is 13.0. The summed E-state index contributed by atoms with van der Waals surface area (Å²) in [4.78, 5) is 17.6. The molecule has 7 heteroatoms. The lowest BCUT2D eigenvalue weighted by molar-refractivity contribution is -0.138. The van der Waals surface area contributed by atoms with Gasteiger partial charge in [0.25, 0.3) is 0 Å². The summed E-state index contributed by atoms with van der Waals surface area (Å²) in [7, 11) is -3.45. The maximum Gasteiger partial charge on any atom is 0.236 e. The van der Waals surface area contributed by atoms with Gasteiger partial charge < -0.3 is 9.80 Å². The second-order valence-electron chi connectivity index (χ2n) is 8.73. The molecule has 0 aliphatic carbocycles. The Morgan fingerprint density at radius 3 is 2.13 bits per heavy atom. The van der Waals surface area contributed by atoms with Gasteiger partial charge in [-0.2, -0.15) is 4.31 Å². The van der Waals surface area contributed by atoms with Crippen molar-refractivity contribution in [2.24, 2.45) is 5.92 Å². The van der Waals surface area contributed by atoms with E-state index in [4.69, 9.17) is 0 Å². The molecular formula is C23H33N3O3S. The number of nitrogens with zero attached hydrogens (tertiary/aromatic N) is 3. The zero-order chi connectivity index (χ0) is 21.0. The highest BCUT2D eigenvalue weighted by molar-refractivity contribution is 7.92. The van der Waals surface area contributed by atoms with Crippen molar-refractivity contribution in [2.75, 3.05) is 39.3 Å². The zero-order valence-corrected chi connectivity index (χ0v) is 18.5. The van der Waals surface area contributed by atoms with Gasteiger partial charge in [0, 0.05) is 43.5 Å². The van der Waals surface area contributed by atoms with E-state index in [1.807, 2.05) is 35.2 Å². The van der Waals surface area contributed by atoms with Crippen LogP contribution in [0.1, 0.15) is 44.1 Å². The van der Waals surface area contributed by atoms with Gasteiger partial charge in [-0.3, -0.25) is 4.79 Å². The first-order valence-corrected chi connectivity index (χ1v) is 12.8. The SMILES string of the molecule is O=C(C1CCN(S(=O)(=O)/C=C/c2ccccc2)CC1)N1CCC(N2CCCC2)CC1. The molecule has 3 fully saturated rings. The van der Waals surface area contributed by atoms with Crippen LogP contribution in [-0.2, 0) is 14.8 Å². The van der Waals surface area contributed by atoms with Crippen LogP contribution < -0.4 is 0 Å². The fourth-order valence-electron chi connectivity index (χ4n) is 4.99. The summed E-state index contributed by atoms with van der Waals surface area (Å²) in [6.45, 7) is 4.95. The third-order valence-electron chi connectivity index (χ3n) is 6.83. The molecule has 0 radical (unpaired) electrons. The fraction of sp³-hybridized carbons (Fsp3) is 0.609. The van der Waals surface area contributed by atoms with Gasteiger partial charge in [0.2, 0.25) is 15.9 Å². The fourth-order valence-corrected chi connectivity index (χ4v) is 6.21. The van der Waals surface area contributed by atoms with Crippen LogP contribution in [0.5, 0.6) is 0 Å². The van der Waals surface area contributed by atoms with E-state index in [9.17, 15) is 13.2 Å². The van der Waals surface area contributed by atoms with E-state index in [0.29, 0.717) is 32.0 Å². The molecule has 0 bridgehead atoms. The van der Waals surface area contributed by atoms with Gasteiger partial charge in [-0.1, -0.05) is 30.3 Å². The summed E-state index contributed by atoms with van der Waals surface area (Å²) >= 11 is 0. The molecule has 4 rings (SSSR count). The first-order valence-electron chi connectivity index (χ1n) is 11.3. The monoisotopic (exact) mass is 431 g/mol. The highest BCUT2D eigenvalue weighted by atomic mass is 32.2. The highest BCUT2D eigenvalue weighted by Gasteiger charge is 2.34. The Morgan fingerprint density at radius 2 is 1.50 bits per heavy atom. The molecule has 3 aliphatic heterocycles. The molecule has 3 heterocycles. The van der Waals surface area contributed by atoms with Gasteiger partial charge in [0.05, 0.1) is 0 Å². The lowest BCUT2D eigenvalue weighted by Crippen LogP contribution is -2.49. The molecule has 3 aliphatic rings. The van der Waals surface area contributed by atoms with E-state index in [1.54, 1.807) is 6.08 Å². The predicted octanol–water partition coefficient (Wildman–Crippen LogP) is 2.79. The van der Waals surface area contributed by atoms with Gasteiger partial charge in [-0.15, -0.1) is 0 Å². The van der Waals surface area contributed by atoms with Gasteiger partial charge in [-0.05, 0) is 63.3 Å². The van der Waals surface area contributed by atoms with Crippen molar-refractivity contribution >= 4 is 22.0 Å². The lowest BCUT2D eigenvalue weighted by atomic mass is 9.94. The topological polar surface area (TPSA) is 60.9 Å².